The zero-order valence-electron chi connectivity index (χ0n) is 31.6. The first kappa shape index (κ1) is 46.3. The van der Waals surface area contributed by atoms with Crippen LogP contribution in [-0.4, -0.2) is 46.1 Å². The Morgan fingerprint density at radius 1 is 0.500 bits per heavy atom. The highest BCUT2D eigenvalue weighted by atomic mass is 16.3. The van der Waals surface area contributed by atoms with Crippen molar-refractivity contribution in [1.29, 1.82) is 0 Å². The van der Waals surface area contributed by atoms with E-state index in [4.69, 9.17) is 0 Å². The van der Waals surface area contributed by atoms with Crippen LogP contribution in [0.2, 0.25) is 0 Å². The van der Waals surface area contributed by atoms with E-state index in [0.29, 0.717) is 6.42 Å². The van der Waals surface area contributed by atoms with Gasteiger partial charge in [0.15, 0.2) is 0 Å². The van der Waals surface area contributed by atoms with E-state index in [1.165, 1.54) is 116 Å². The van der Waals surface area contributed by atoms with Gasteiger partial charge < -0.3 is 20.6 Å². The number of aliphatic hydroxyl groups is 3. The number of carbonyl (C=O) groups excluding carboxylic acids is 1. The molecule has 48 heavy (non-hydrogen) atoms. The molecule has 0 bridgehead atoms. The third-order valence-electron chi connectivity index (χ3n) is 9.12. The van der Waals surface area contributed by atoms with Gasteiger partial charge in [0.05, 0.1) is 18.8 Å². The van der Waals surface area contributed by atoms with Gasteiger partial charge in [-0.05, 0) is 64.2 Å². The van der Waals surface area contributed by atoms with Gasteiger partial charge >= 0.3 is 0 Å². The van der Waals surface area contributed by atoms with Crippen molar-refractivity contribution in [3.8, 4) is 0 Å². The van der Waals surface area contributed by atoms with Gasteiger partial charge in [-0.25, -0.2) is 0 Å². The quantitative estimate of drug-likeness (QED) is 0.0393. The molecule has 0 aliphatic heterocycles. The molecule has 4 N–H and O–H groups in total. The zero-order valence-corrected chi connectivity index (χ0v) is 31.6. The number of rotatable bonds is 36. The molecule has 0 aliphatic carbocycles. The van der Waals surface area contributed by atoms with E-state index < -0.39 is 24.2 Å². The monoisotopic (exact) mass is 674 g/mol. The van der Waals surface area contributed by atoms with Gasteiger partial charge in [-0.3, -0.25) is 4.79 Å². The van der Waals surface area contributed by atoms with Crippen molar-refractivity contribution in [2.24, 2.45) is 0 Å². The first-order chi connectivity index (χ1) is 23.6. The summed E-state index contributed by atoms with van der Waals surface area (Å²) in [6.45, 7) is 4.09. The zero-order chi connectivity index (χ0) is 35.2. The van der Waals surface area contributed by atoms with Gasteiger partial charge in [0.2, 0.25) is 5.91 Å². The van der Waals surface area contributed by atoms with Gasteiger partial charge in [0.25, 0.3) is 0 Å². The third kappa shape index (κ3) is 32.8. The number of carbonyl (C=O) groups is 1. The highest BCUT2D eigenvalue weighted by Gasteiger charge is 2.22. The maximum atomic E-state index is 12.3. The van der Waals surface area contributed by atoms with Gasteiger partial charge in [0.1, 0.15) is 6.10 Å². The summed E-state index contributed by atoms with van der Waals surface area (Å²) >= 11 is 0. The summed E-state index contributed by atoms with van der Waals surface area (Å²) in [5.74, 6) is -0.534. The first-order valence-corrected chi connectivity index (χ1v) is 20.5. The van der Waals surface area contributed by atoms with Crippen LogP contribution in [0, 0.1) is 0 Å². The molecule has 0 fully saturated rings. The minimum Gasteiger partial charge on any atom is -0.394 e. The SMILES string of the molecule is CCCC/C=C\CCCCCC(O)C(=O)NC(CO)C(O)/C=C/CC/C=C/CC/C=C/CCCCCCCCCCCCCCCCC. The normalized spacial score (nSPS) is 14.2. The van der Waals surface area contributed by atoms with Crippen LogP contribution in [-0.2, 0) is 4.79 Å². The minimum atomic E-state index is -1.12. The Bertz CT molecular complexity index is 790. The van der Waals surface area contributed by atoms with E-state index in [2.05, 4.69) is 55.6 Å². The standard InChI is InChI=1S/C43H79NO4/c1-3-5-7-9-11-13-14-15-16-17-18-19-20-21-22-23-24-25-26-27-28-30-31-33-35-37-41(46)40(39-45)44-43(48)42(47)38-36-34-32-29-12-10-8-6-4-2/h10,12,24-25,28,30,35,37,40-42,45-47H,3-9,11,13-23,26-27,29,31-34,36,38-39H2,1-2H3,(H,44,48)/b12-10-,25-24+,30-28+,37-35+. The molecular weight excluding hydrogens is 594 g/mol. The molecule has 0 aromatic carbocycles. The van der Waals surface area contributed by atoms with E-state index in [-0.39, 0.29) is 6.61 Å². The molecule has 0 saturated heterocycles. The average Bonchev–Trinajstić information content (AvgIpc) is 3.09. The topological polar surface area (TPSA) is 89.8 Å². The van der Waals surface area contributed by atoms with E-state index in [9.17, 15) is 20.1 Å². The minimum absolute atomic E-state index is 0.386. The van der Waals surface area contributed by atoms with Crippen molar-refractivity contribution >= 4 is 5.91 Å². The lowest BCUT2D eigenvalue weighted by atomic mass is 10.0. The molecule has 5 heteroatoms. The van der Waals surface area contributed by atoms with Crippen LogP contribution in [0.25, 0.3) is 0 Å². The Hall–Kier alpha value is -1.69. The van der Waals surface area contributed by atoms with Crippen LogP contribution in [0.3, 0.4) is 0 Å². The Balaban J connectivity index is 3.72. The average molecular weight is 674 g/mol. The second-order valence-corrected chi connectivity index (χ2v) is 13.8. The highest BCUT2D eigenvalue weighted by molar-refractivity contribution is 5.80. The van der Waals surface area contributed by atoms with Crippen molar-refractivity contribution in [2.75, 3.05) is 6.61 Å². The largest absolute Gasteiger partial charge is 0.394 e. The Labute approximate surface area is 297 Å². The van der Waals surface area contributed by atoms with Crippen LogP contribution in [0.4, 0.5) is 0 Å². The number of hydrogen-bond acceptors (Lipinski definition) is 4. The first-order valence-electron chi connectivity index (χ1n) is 20.5. The second-order valence-electron chi connectivity index (χ2n) is 13.8. The predicted octanol–water partition coefficient (Wildman–Crippen LogP) is 11.4. The van der Waals surface area contributed by atoms with Crippen LogP contribution >= 0.6 is 0 Å². The van der Waals surface area contributed by atoms with Gasteiger partial charge in [-0.2, -0.15) is 0 Å². The van der Waals surface area contributed by atoms with Crippen molar-refractivity contribution in [3.05, 3.63) is 48.6 Å². The molecule has 3 atom stereocenters. The summed E-state index contributed by atoms with van der Waals surface area (Å²) in [7, 11) is 0. The molecule has 0 rings (SSSR count). The van der Waals surface area contributed by atoms with Crippen molar-refractivity contribution in [1.82, 2.24) is 5.32 Å². The van der Waals surface area contributed by atoms with Crippen LogP contribution < -0.4 is 5.32 Å². The maximum absolute atomic E-state index is 12.3. The van der Waals surface area contributed by atoms with E-state index in [0.717, 1.165) is 57.8 Å². The molecule has 0 aliphatic rings. The van der Waals surface area contributed by atoms with Gasteiger partial charge in [0, 0.05) is 0 Å². The molecule has 0 saturated carbocycles. The lowest BCUT2D eigenvalue weighted by molar-refractivity contribution is -0.131. The molecule has 5 nitrogen and oxygen atoms in total. The van der Waals surface area contributed by atoms with Crippen molar-refractivity contribution < 1.29 is 20.1 Å². The number of nitrogens with one attached hydrogen (secondary N) is 1. The number of amides is 1. The van der Waals surface area contributed by atoms with Crippen LogP contribution in [0.15, 0.2) is 48.6 Å². The predicted molar refractivity (Wildman–Crippen MR) is 208 cm³/mol. The fourth-order valence-electron chi connectivity index (χ4n) is 5.84. The summed E-state index contributed by atoms with van der Waals surface area (Å²) in [6, 6.07) is -0.826. The van der Waals surface area contributed by atoms with Crippen LogP contribution in [0.1, 0.15) is 194 Å². The fourth-order valence-corrected chi connectivity index (χ4v) is 5.84. The van der Waals surface area contributed by atoms with Gasteiger partial charge in [-0.1, -0.05) is 178 Å². The summed E-state index contributed by atoms with van der Waals surface area (Å²) in [4.78, 5) is 12.3. The fraction of sp³-hybridized carbons (Fsp3) is 0.791. The smallest absolute Gasteiger partial charge is 0.249 e. The number of aliphatic hydroxyl groups excluding tert-OH is 3. The molecule has 0 heterocycles. The lowest BCUT2D eigenvalue weighted by Crippen LogP contribution is -2.48. The third-order valence-corrected chi connectivity index (χ3v) is 9.12. The maximum Gasteiger partial charge on any atom is 0.249 e. The van der Waals surface area contributed by atoms with E-state index in [1.807, 2.05) is 6.08 Å². The molecule has 0 spiro atoms. The Kier molecular flexibility index (Phi) is 36.8. The lowest BCUT2D eigenvalue weighted by Gasteiger charge is -2.21. The Morgan fingerprint density at radius 3 is 1.33 bits per heavy atom. The van der Waals surface area contributed by atoms with Crippen LogP contribution in [0.5, 0.6) is 0 Å². The van der Waals surface area contributed by atoms with E-state index >= 15 is 0 Å². The number of hydrogen-bond donors (Lipinski definition) is 4. The molecule has 280 valence electrons. The Morgan fingerprint density at radius 2 is 0.875 bits per heavy atom. The number of unbranched alkanes of at least 4 members (excludes halogenated alkanes) is 22. The van der Waals surface area contributed by atoms with Crippen molar-refractivity contribution in [3.63, 3.8) is 0 Å². The molecule has 0 aromatic heterocycles. The summed E-state index contributed by atoms with van der Waals surface area (Å²) in [6.07, 6.45) is 48.7. The molecule has 0 aromatic rings. The molecule has 1 amide bonds. The van der Waals surface area contributed by atoms with E-state index in [1.54, 1.807) is 6.08 Å². The summed E-state index contributed by atoms with van der Waals surface area (Å²) in [5, 5.41) is 32.8. The highest BCUT2D eigenvalue weighted by Crippen LogP contribution is 2.14. The summed E-state index contributed by atoms with van der Waals surface area (Å²) in [5.41, 5.74) is 0. The molecule has 0 radical (unpaired) electrons. The van der Waals surface area contributed by atoms with Crippen molar-refractivity contribution in [2.45, 2.75) is 212 Å². The molecule has 3 unspecified atom stereocenters. The number of allylic oxidation sites excluding steroid dienone is 7. The summed E-state index contributed by atoms with van der Waals surface area (Å²) < 4.78 is 0. The molecular formula is C43H79NO4. The van der Waals surface area contributed by atoms with Gasteiger partial charge in [-0.15, -0.1) is 0 Å². The second kappa shape index (κ2) is 38.1.